The van der Waals surface area contributed by atoms with Crippen LogP contribution in [0.5, 0.6) is 0 Å². The first-order valence-electron chi connectivity index (χ1n) is 5.24. The number of halogens is 1. The predicted octanol–water partition coefficient (Wildman–Crippen LogP) is 2.04. The van der Waals surface area contributed by atoms with Crippen molar-refractivity contribution in [2.45, 2.75) is 24.3 Å². The molecule has 1 fully saturated rings. The SMILES string of the molecule is CC1CN(c2ncnc(N)c2Cl)CC(C)S1. The summed E-state index contributed by atoms with van der Waals surface area (Å²) in [6.07, 6.45) is 1.47. The Morgan fingerprint density at radius 1 is 1.38 bits per heavy atom. The molecule has 2 unspecified atom stereocenters. The number of rotatable bonds is 1. The van der Waals surface area contributed by atoms with Crippen LogP contribution in [0.1, 0.15) is 13.8 Å². The maximum Gasteiger partial charge on any atom is 0.153 e. The van der Waals surface area contributed by atoms with Gasteiger partial charge in [-0.1, -0.05) is 25.4 Å². The summed E-state index contributed by atoms with van der Waals surface area (Å²) in [4.78, 5) is 10.3. The number of nitrogens with zero attached hydrogens (tertiary/aromatic N) is 3. The van der Waals surface area contributed by atoms with Crippen molar-refractivity contribution >= 4 is 35.0 Å². The highest BCUT2D eigenvalue weighted by Gasteiger charge is 2.25. The zero-order valence-electron chi connectivity index (χ0n) is 9.35. The molecule has 1 aliphatic heterocycles. The Kier molecular flexibility index (Phi) is 3.44. The van der Waals surface area contributed by atoms with Gasteiger partial charge in [0.25, 0.3) is 0 Å². The van der Waals surface area contributed by atoms with E-state index in [0.717, 1.165) is 18.9 Å². The van der Waals surface area contributed by atoms with Crippen LogP contribution in [0.4, 0.5) is 11.6 Å². The third-order valence-electron chi connectivity index (χ3n) is 2.52. The smallest absolute Gasteiger partial charge is 0.153 e. The maximum atomic E-state index is 6.12. The molecule has 4 nitrogen and oxygen atoms in total. The van der Waals surface area contributed by atoms with Gasteiger partial charge in [-0.3, -0.25) is 0 Å². The summed E-state index contributed by atoms with van der Waals surface area (Å²) >= 11 is 8.11. The van der Waals surface area contributed by atoms with Crippen LogP contribution in [0.15, 0.2) is 6.33 Å². The zero-order valence-corrected chi connectivity index (χ0v) is 10.9. The predicted molar refractivity (Wildman–Crippen MR) is 70.2 cm³/mol. The van der Waals surface area contributed by atoms with Gasteiger partial charge in [-0.2, -0.15) is 11.8 Å². The quantitative estimate of drug-likeness (QED) is 0.836. The number of nitrogens with two attached hydrogens (primary N) is 1. The van der Waals surface area contributed by atoms with Crippen molar-refractivity contribution in [1.29, 1.82) is 0 Å². The molecule has 16 heavy (non-hydrogen) atoms. The van der Waals surface area contributed by atoms with E-state index in [1.54, 1.807) is 0 Å². The second-order valence-corrected chi connectivity index (χ2v) is 6.32. The minimum Gasteiger partial charge on any atom is -0.382 e. The molecule has 6 heteroatoms. The van der Waals surface area contributed by atoms with Gasteiger partial charge in [-0.15, -0.1) is 0 Å². The van der Waals surface area contributed by atoms with Crippen LogP contribution < -0.4 is 10.6 Å². The van der Waals surface area contributed by atoms with Crippen molar-refractivity contribution in [3.8, 4) is 0 Å². The largest absolute Gasteiger partial charge is 0.382 e. The molecule has 2 rings (SSSR count). The lowest BCUT2D eigenvalue weighted by molar-refractivity contribution is 0.717. The Hall–Kier alpha value is -0.680. The molecule has 88 valence electrons. The number of nitrogen functional groups attached to an aromatic ring is 1. The summed E-state index contributed by atoms with van der Waals surface area (Å²) in [5.41, 5.74) is 5.68. The van der Waals surface area contributed by atoms with E-state index < -0.39 is 0 Å². The summed E-state index contributed by atoms with van der Waals surface area (Å²) < 4.78 is 0. The van der Waals surface area contributed by atoms with Gasteiger partial charge in [0.05, 0.1) is 0 Å². The first-order valence-corrected chi connectivity index (χ1v) is 6.56. The molecule has 0 spiro atoms. The van der Waals surface area contributed by atoms with Crippen LogP contribution in [0, 0.1) is 0 Å². The molecule has 0 amide bonds. The molecular weight excluding hydrogens is 244 g/mol. The van der Waals surface area contributed by atoms with Crippen LogP contribution in [-0.4, -0.2) is 33.6 Å². The van der Waals surface area contributed by atoms with Gasteiger partial charge in [0.15, 0.2) is 5.82 Å². The minimum absolute atomic E-state index is 0.352. The van der Waals surface area contributed by atoms with E-state index in [1.165, 1.54) is 6.33 Å². The molecular formula is C10H15ClN4S. The average molecular weight is 259 g/mol. The number of hydrogen-bond donors (Lipinski definition) is 1. The normalized spacial score (nSPS) is 25.8. The van der Waals surface area contributed by atoms with Crippen molar-refractivity contribution in [2.24, 2.45) is 0 Å². The summed E-state index contributed by atoms with van der Waals surface area (Å²) in [5, 5.41) is 1.63. The fourth-order valence-electron chi connectivity index (χ4n) is 1.94. The third kappa shape index (κ3) is 2.35. The molecule has 1 aromatic heterocycles. The first-order chi connectivity index (χ1) is 7.58. The fourth-order valence-corrected chi connectivity index (χ4v) is 3.49. The van der Waals surface area contributed by atoms with Crippen molar-refractivity contribution < 1.29 is 0 Å². The molecule has 1 aromatic rings. The van der Waals surface area contributed by atoms with E-state index in [2.05, 4.69) is 28.7 Å². The average Bonchev–Trinajstić information content (AvgIpc) is 2.20. The Bertz CT molecular complexity index is 377. The molecule has 2 atom stereocenters. The molecule has 0 saturated carbocycles. The van der Waals surface area contributed by atoms with Crippen molar-refractivity contribution in [3.05, 3.63) is 11.3 Å². The summed E-state index contributed by atoms with van der Waals surface area (Å²) in [6.45, 7) is 6.33. The summed E-state index contributed by atoms with van der Waals surface area (Å²) in [7, 11) is 0. The lowest BCUT2D eigenvalue weighted by atomic mass is 10.3. The molecule has 1 saturated heterocycles. The van der Waals surface area contributed by atoms with E-state index in [4.69, 9.17) is 17.3 Å². The van der Waals surface area contributed by atoms with Gasteiger partial charge in [-0.25, -0.2) is 9.97 Å². The Morgan fingerprint density at radius 2 is 2.00 bits per heavy atom. The topological polar surface area (TPSA) is 55.0 Å². The van der Waals surface area contributed by atoms with Crippen molar-refractivity contribution in [1.82, 2.24) is 9.97 Å². The molecule has 1 aliphatic rings. The third-order valence-corrected chi connectivity index (χ3v) is 4.11. The second kappa shape index (κ2) is 4.67. The molecule has 0 radical (unpaired) electrons. The number of aromatic nitrogens is 2. The van der Waals surface area contributed by atoms with Crippen LogP contribution >= 0.6 is 23.4 Å². The van der Waals surface area contributed by atoms with Gasteiger partial charge in [0.1, 0.15) is 17.2 Å². The lowest BCUT2D eigenvalue weighted by Crippen LogP contribution is -2.41. The van der Waals surface area contributed by atoms with E-state index in [1.807, 2.05) is 11.8 Å². The molecule has 0 aromatic carbocycles. The van der Waals surface area contributed by atoms with Gasteiger partial charge in [-0.05, 0) is 0 Å². The molecule has 0 bridgehead atoms. The van der Waals surface area contributed by atoms with Crippen LogP contribution in [-0.2, 0) is 0 Å². The first kappa shape index (κ1) is 11.8. The highest BCUT2D eigenvalue weighted by Crippen LogP contribution is 2.32. The molecule has 0 aliphatic carbocycles. The number of hydrogen-bond acceptors (Lipinski definition) is 5. The maximum absolute atomic E-state index is 6.12. The summed E-state index contributed by atoms with van der Waals surface area (Å²) in [5.74, 6) is 1.11. The Balaban J connectivity index is 2.26. The standard InChI is InChI=1S/C10H15ClN4S/c1-6-3-15(4-7(2)16-6)10-8(11)9(12)13-5-14-10/h5-7H,3-4H2,1-2H3,(H2,12,13,14). The monoisotopic (exact) mass is 258 g/mol. The van der Waals surface area contributed by atoms with Crippen LogP contribution in [0.25, 0.3) is 0 Å². The zero-order chi connectivity index (χ0) is 11.7. The van der Waals surface area contributed by atoms with Crippen molar-refractivity contribution in [2.75, 3.05) is 23.7 Å². The van der Waals surface area contributed by atoms with E-state index >= 15 is 0 Å². The van der Waals surface area contributed by atoms with Gasteiger partial charge in [0, 0.05) is 23.6 Å². The summed E-state index contributed by atoms with van der Waals surface area (Å²) in [6, 6.07) is 0. The van der Waals surface area contributed by atoms with E-state index in [9.17, 15) is 0 Å². The van der Waals surface area contributed by atoms with Crippen LogP contribution in [0.3, 0.4) is 0 Å². The highest BCUT2D eigenvalue weighted by atomic mass is 35.5. The van der Waals surface area contributed by atoms with Gasteiger partial charge in [0.2, 0.25) is 0 Å². The second-order valence-electron chi connectivity index (χ2n) is 4.06. The lowest BCUT2D eigenvalue weighted by Gasteiger charge is -2.35. The van der Waals surface area contributed by atoms with Crippen LogP contribution in [0.2, 0.25) is 5.02 Å². The van der Waals surface area contributed by atoms with Crippen molar-refractivity contribution in [3.63, 3.8) is 0 Å². The number of anilines is 2. The fraction of sp³-hybridized carbons (Fsp3) is 0.600. The molecule has 2 N–H and O–H groups in total. The van der Waals surface area contributed by atoms with Gasteiger partial charge >= 0.3 is 0 Å². The Morgan fingerprint density at radius 3 is 2.62 bits per heavy atom. The highest BCUT2D eigenvalue weighted by molar-refractivity contribution is 8.00. The minimum atomic E-state index is 0.352. The van der Waals surface area contributed by atoms with Gasteiger partial charge < -0.3 is 10.6 Å². The van der Waals surface area contributed by atoms with E-state index in [-0.39, 0.29) is 0 Å². The molecule has 2 heterocycles. The number of thioether (sulfide) groups is 1. The Labute approximate surface area is 105 Å². The van der Waals surface area contributed by atoms with E-state index in [0.29, 0.717) is 21.3 Å².